The summed E-state index contributed by atoms with van der Waals surface area (Å²) in [7, 11) is 0. The summed E-state index contributed by atoms with van der Waals surface area (Å²) < 4.78 is 40.8. The number of anilines is 1. The number of hydrogen-bond acceptors (Lipinski definition) is 4. The van der Waals surface area contributed by atoms with E-state index in [4.69, 9.17) is 11.6 Å². The number of amides is 1. The molecular weight excluding hydrogens is 485 g/mol. The molecular formula is C24H18ClF3N4OS. The van der Waals surface area contributed by atoms with Gasteiger partial charge in [-0.15, -0.1) is 10.2 Å². The van der Waals surface area contributed by atoms with Crippen LogP contribution in [0, 0.1) is 6.92 Å². The van der Waals surface area contributed by atoms with Crippen LogP contribution in [0.3, 0.4) is 0 Å². The van der Waals surface area contributed by atoms with E-state index in [1.165, 1.54) is 0 Å². The third-order valence-corrected chi connectivity index (χ3v) is 6.12. The number of carbonyl (C=O) groups is 1. The second-order valence-corrected chi connectivity index (χ2v) is 8.72. The summed E-state index contributed by atoms with van der Waals surface area (Å²) >= 11 is 7.10. The molecule has 0 aliphatic carbocycles. The normalized spacial score (nSPS) is 11.4. The molecule has 0 aliphatic heterocycles. The number of rotatable bonds is 6. The Morgan fingerprint density at radius 1 is 1.03 bits per heavy atom. The molecule has 0 saturated carbocycles. The SMILES string of the molecule is Cc1ccc(-c2nnc(SCC(=O)Nc3cc(C(F)(F)F)ccc3Cl)n2-c2ccccc2)cc1. The highest BCUT2D eigenvalue weighted by molar-refractivity contribution is 7.99. The van der Waals surface area contributed by atoms with Crippen molar-refractivity contribution in [1.29, 1.82) is 0 Å². The number of carbonyl (C=O) groups excluding carboxylic acids is 1. The van der Waals surface area contributed by atoms with Crippen LogP contribution < -0.4 is 5.32 Å². The lowest BCUT2D eigenvalue weighted by Gasteiger charge is -2.12. The lowest BCUT2D eigenvalue weighted by molar-refractivity contribution is -0.137. The monoisotopic (exact) mass is 502 g/mol. The van der Waals surface area contributed by atoms with Crippen molar-refractivity contribution in [3.63, 3.8) is 0 Å². The molecule has 0 radical (unpaired) electrons. The van der Waals surface area contributed by atoms with Crippen LogP contribution in [-0.2, 0) is 11.0 Å². The average molecular weight is 503 g/mol. The molecule has 1 N–H and O–H groups in total. The standard InChI is InChI=1S/C24H18ClF3N4OS/c1-15-7-9-16(10-8-15)22-30-31-23(32(22)18-5-3-2-4-6-18)34-14-21(33)29-20-13-17(24(26,27)28)11-12-19(20)25/h2-13H,14H2,1H3,(H,29,33). The number of benzene rings is 3. The quantitative estimate of drug-likeness (QED) is 0.300. The lowest BCUT2D eigenvalue weighted by Crippen LogP contribution is -2.16. The van der Waals surface area contributed by atoms with Crippen LogP contribution in [0.2, 0.25) is 5.02 Å². The fraction of sp³-hybridized carbons (Fsp3) is 0.125. The van der Waals surface area contributed by atoms with Gasteiger partial charge < -0.3 is 5.32 Å². The summed E-state index contributed by atoms with van der Waals surface area (Å²) in [4.78, 5) is 12.5. The maximum Gasteiger partial charge on any atom is 0.416 e. The molecule has 0 aliphatic rings. The first-order valence-corrected chi connectivity index (χ1v) is 11.5. The van der Waals surface area contributed by atoms with Gasteiger partial charge in [-0.05, 0) is 37.3 Å². The minimum absolute atomic E-state index is 0.0143. The first-order valence-electron chi connectivity index (χ1n) is 10.1. The molecule has 1 amide bonds. The number of nitrogens with zero attached hydrogens (tertiary/aromatic N) is 3. The van der Waals surface area contributed by atoms with Gasteiger partial charge in [0, 0.05) is 11.3 Å². The number of para-hydroxylation sites is 1. The third-order valence-electron chi connectivity index (χ3n) is 4.86. The summed E-state index contributed by atoms with van der Waals surface area (Å²) in [5, 5.41) is 11.5. The van der Waals surface area contributed by atoms with Crippen molar-refractivity contribution in [2.24, 2.45) is 0 Å². The van der Waals surface area contributed by atoms with E-state index in [2.05, 4.69) is 15.5 Å². The number of aromatic nitrogens is 3. The van der Waals surface area contributed by atoms with Gasteiger partial charge in [-0.3, -0.25) is 9.36 Å². The van der Waals surface area contributed by atoms with Crippen molar-refractivity contribution in [1.82, 2.24) is 14.8 Å². The van der Waals surface area contributed by atoms with Crippen LogP contribution in [0.5, 0.6) is 0 Å². The molecule has 1 aromatic heterocycles. The van der Waals surface area contributed by atoms with Crippen molar-refractivity contribution >= 4 is 35.0 Å². The fourth-order valence-electron chi connectivity index (χ4n) is 3.18. The summed E-state index contributed by atoms with van der Waals surface area (Å²) in [5.41, 5.74) is 1.77. The van der Waals surface area contributed by atoms with Crippen LogP contribution in [0.1, 0.15) is 11.1 Å². The second-order valence-electron chi connectivity index (χ2n) is 7.37. The highest BCUT2D eigenvalue weighted by Gasteiger charge is 2.31. The van der Waals surface area contributed by atoms with Crippen LogP contribution in [0.25, 0.3) is 17.1 Å². The molecule has 5 nitrogen and oxygen atoms in total. The topological polar surface area (TPSA) is 59.8 Å². The van der Waals surface area contributed by atoms with Crippen LogP contribution in [-0.4, -0.2) is 26.4 Å². The molecule has 0 unspecified atom stereocenters. The molecule has 0 spiro atoms. The minimum Gasteiger partial charge on any atom is -0.324 e. The van der Waals surface area contributed by atoms with Gasteiger partial charge in [0.2, 0.25) is 5.91 Å². The Kier molecular flexibility index (Phi) is 6.95. The van der Waals surface area contributed by atoms with Gasteiger partial charge in [0.15, 0.2) is 11.0 Å². The van der Waals surface area contributed by atoms with Crippen molar-refractivity contribution in [2.75, 3.05) is 11.1 Å². The van der Waals surface area contributed by atoms with Gasteiger partial charge in [0.25, 0.3) is 0 Å². The molecule has 4 rings (SSSR count). The molecule has 0 fully saturated rings. The zero-order chi connectivity index (χ0) is 24.3. The van der Waals surface area contributed by atoms with Crippen molar-refractivity contribution in [3.05, 3.63) is 88.9 Å². The summed E-state index contributed by atoms with van der Waals surface area (Å²) in [6.45, 7) is 1.99. The van der Waals surface area contributed by atoms with E-state index < -0.39 is 17.6 Å². The second kappa shape index (κ2) is 9.90. The van der Waals surface area contributed by atoms with Gasteiger partial charge in [-0.1, -0.05) is 71.4 Å². The smallest absolute Gasteiger partial charge is 0.324 e. The summed E-state index contributed by atoms with van der Waals surface area (Å²) in [6, 6.07) is 20.0. The van der Waals surface area contributed by atoms with Crippen molar-refractivity contribution in [3.8, 4) is 17.1 Å². The van der Waals surface area contributed by atoms with E-state index >= 15 is 0 Å². The number of halogens is 4. The number of alkyl halides is 3. The molecule has 174 valence electrons. The van der Waals surface area contributed by atoms with E-state index in [1.54, 1.807) is 0 Å². The average Bonchev–Trinajstić information content (AvgIpc) is 3.23. The molecule has 4 aromatic rings. The summed E-state index contributed by atoms with van der Waals surface area (Å²) in [6.07, 6.45) is -4.54. The van der Waals surface area contributed by atoms with E-state index in [-0.39, 0.29) is 16.5 Å². The Morgan fingerprint density at radius 2 is 1.74 bits per heavy atom. The molecule has 0 bridgehead atoms. The Hall–Kier alpha value is -3.30. The van der Waals surface area contributed by atoms with E-state index in [1.807, 2.05) is 66.1 Å². The Balaban J connectivity index is 1.57. The molecule has 34 heavy (non-hydrogen) atoms. The maximum atomic E-state index is 13.0. The van der Waals surface area contributed by atoms with Gasteiger partial charge in [0.05, 0.1) is 22.0 Å². The molecule has 0 atom stereocenters. The van der Waals surface area contributed by atoms with Gasteiger partial charge in [0.1, 0.15) is 0 Å². The van der Waals surface area contributed by atoms with Crippen LogP contribution in [0.15, 0.2) is 78.0 Å². The third kappa shape index (κ3) is 5.43. The Bertz CT molecular complexity index is 1310. The van der Waals surface area contributed by atoms with Crippen molar-refractivity contribution < 1.29 is 18.0 Å². The predicted octanol–water partition coefficient (Wildman–Crippen LogP) is 6.65. The number of hydrogen-bond donors (Lipinski definition) is 1. The van der Waals surface area contributed by atoms with Gasteiger partial charge >= 0.3 is 6.18 Å². The highest BCUT2D eigenvalue weighted by atomic mass is 35.5. The zero-order valence-electron chi connectivity index (χ0n) is 17.8. The van der Waals surface area contributed by atoms with Crippen molar-refractivity contribution in [2.45, 2.75) is 18.3 Å². The molecule has 0 saturated heterocycles. The minimum atomic E-state index is -4.54. The first kappa shape index (κ1) is 23.8. The largest absolute Gasteiger partial charge is 0.416 e. The summed E-state index contributed by atoms with van der Waals surface area (Å²) in [5.74, 6) is -0.0217. The number of aryl methyl sites for hydroxylation is 1. The van der Waals surface area contributed by atoms with Gasteiger partial charge in [-0.2, -0.15) is 13.2 Å². The molecule has 1 heterocycles. The van der Waals surface area contributed by atoms with E-state index in [9.17, 15) is 18.0 Å². The van der Waals surface area contributed by atoms with Crippen LogP contribution in [0.4, 0.5) is 18.9 Å². The number of thioether (sulfide) groups is 1. The zero-order valence-corrected chi connectivity index (χ0v) is 19.4. The van der Waals surface area contributed by atoms with E-state index in [0.717, 1.165) is 46.8 Å². The lowest BCUT2D eigenvalue weighted by atomic mass is 10.1. The van der Waals surface area contributed by atoms with Gasteiger partial charge in [-0.25, -0.2) is 0 Å². The first-order chi connectivity index (χ1) is 16.2. The molecule has 10 heteroatoms. The predicted molar refractivity (Wildman–Crippen MR) is 127 cm³/mol. The van der Waals surface area contributed by atoms with Crippen LogP contribution >= 0.6 is 23.4 Å². The number of nitrogens with one attached hydrogen (secondary N) is 1. The Labute approximate surface area is 203 Å². The maximum absolute atomic E-state index is 13.0. The molecule has 3 aromatic carbocycles. The highest BCUT2D eigenvalue weighted by Crippen LogP contribution is 2.34. The Morgan fingerprint density at radius 3 is 2.41 bits per heavy atom. The fourth-order valence-corrected chi connectivity index (χ4v) is 4.09. The van der Waals surface area contributed by atoms with E-state index in [0.29, 0.717) is 11.0 Å².